The second-order valence-electron chi connectivity index (χ2n) is 3.31. The summed E-state index contributed by atoms with van der Waals surface area (Å²) < 4.78 is 3.83. The van der Waals surface area contributed by atoms with Crippen molar-refractivity contribution in [1.29, 1.82) is 0 Å². The monoisotopic (exact) mass is 273 g/mol. The maximum Gasteiger partial charge on any atom is 0.326 e. The van der Waals surface area contributed by atoms with E-state index in [4.69, 9.17) is 10.8 Å². The van der Waals surface area contributed by atoms with Crippen molar-refractivity contribution in [1.82, 2.24) is 14.7 Å². The highest BCUT2D eigenvalue weighted by Gasteiger charge is 2.22. The Hall–Kier alpha value is -2.23. The lowest BCUT2D eigenvalue weighted by Crippen LogP contribution is -2.45. The van der Waals surface area contributed by atoms with Gasteiger partial charge in [0.2, 0.25) is 11.0 Å². The minimum atomic E-state index is -1.38. The van der Waals surface area contributed by atoms with E-state index >= 15 is 0 Å². The van der Waals surface area contributed by atoms with Gasteiger partial charge in [-0.2, -0.15) is 4.37 Å². The van der Waals surface area contributed by atoms with Gasteiger partial charge in [-0.15, -0.1) is 0 Å². The molecular formula is C8H11N5O4S. The van der Waals surface area contributed by atoms with Gasteiger partial charge in [0, 0.05) is 11.5 Å². The number of hydrogen-bond donors (Lipinski definition) is 4. The van der Waals surface area contributed by atoms with Crippen molar-refractivity contribution in [3.8, 4) is 0 Å². The van der Waals surface area contributed by atoms with Crippen molar-refractivity contribution in [2.75, 3.05) is 5.32 Å². The molecule has 0 spiro atoms. The third-order valence-corrected chi connectivity index (χ3v) is 2.48. The van der Waals surface area contributed by atoms with Crippen molar-refractivity contribution in [2.45, 2.75) is 19.4 Å². The first-order valence-electron chi connectivity index (χ1n) is 4.77. The Bertz CT molecular complexity index is 474. The number of carbonyl (C=O) groups is 3. The number of nitrogens with one attached hydrogen (secondary N) is 2. The fourth-order valence-corrected chi connectivity index (χ4v) is 1.61. The molecule has 5 N–H and O–H groups in total. The minimum absolute atomic E-state index is 0.230. The van der Waals surface area contributed by atoms with Crippen LogP contribution in [0.3, 0.4) is 0 Å². The molecule has 3 amide bonds. The van der Waals surface area contributed by atoms with Crippen molar-refractivity contribution in [3.05, 3.63) is 5.82 Å². The van der Waals surface area contributed by atoms with Crippen LogP contribution < -0.4 is 16.4 Å². The van der Waals surface area contributed by atoms with Gasteiger partial charge in [0.1, 0.15) is 11.9 Å². The summed E-state index contributed by atoms with van der Waals surface area (Å²) in [5, 5.41) is 13.4. The number of amides is 3. The SMILES string of the molecule is Cc1nsc(NC(=O)NC(CC(N)=O)C(=O)O)n1. The molecule has 0 bridgehead atoms. The number of rotatable bonds is 5. The van der Waals surface area contributed by atoms with Crippen LogP contribution in [0.1, 0.15) is 12.2 Å². The van der Waals surface area contributed by atoms with Crippen LogP contribution in [0.25, 0.3) is 0 Å². The number of aryl methyl sites for hydroxylation is 1. The molecule has 1 rings (SSSR count). The fourth-order valence-electron chi connectivity index (χ4n) is 1.04. The lowest BCUT2D eigenvalue weighted by Gasteiger charge is -2.12. The summed E-state index contributed by atoms with van der Waals surface area (Å²) in [5.41, 5.74) is 4.87. The maximum absolute atomic E-state index is 11.4. The predicted octanol–water partition coefficient (Wildman–Crippen LogP) is -0.703. The first-order chi connectivity index (χ1) is 8.38. The molecule has 0 saturated carbocycles. The standard InChI is InChI=1S/C8H11N5O4S/c1-3-10-8(18-13-3)12-7(17)11-4(6(15)16)2-5(9)14/h4H,2H2,1H3,(H2,9,14)(H,15,16)(H2,10,11,12,13,17). The van der Waals surface area contributed by atoms with Crippen molar-refractivity contribution in [3.63, 3.8) is 0 Å². The largest absolute Gasteiger partial charge is 0.480 e. The number of aromatic nitrogens is 2. The first kappa shape index (κ1) is 13.8. The van der Waals surface area contributed by atoms with Gasteiger partial charge >= 0.3 is 12.0 Å². The van der Waals surface area contributed by atoms with Crippen LogP contribution in [0.15, 0.2) is 0 Å². The summed E-state index contributed by atoms with van der Waals surface area (Å²) in [6, 6.07) is -2.17. The molecule has 1 atom stereocenters. The number of aliphatic carboxylic acids is 1. The Morgan fingerprint density at radius 1 is 1.50 bits per heavy atom. The molecule has 18 heavy (non-hydrogen) atoms. The van der Waals surface area contributed by atoms with E-state index in [0.29, 0.717) is 5.82 Å². The topological polar surface area (TPSA) is 147 Å². The van der Waals surface area contributed by atoms with Crippen LogP contribution in [0.2, 0.25) is 0 Å². The second kappa shape index (κ2) is 5.91. The molecule has 1 aromatic rings. The Balaban J connectivity index is 2.56. The molecule has 0 fully saturated rings. The Kier molecular flexibility index (Phi) is 4.54. The fraction of sp³-hybridized carbons (Fsp3) is 0.375. The second-order valence-corrected chi connectivity index (χ2v) is 4.06. The quantitative estimate of drug-likeness (QED) is 0.557. The molecule has 10 heteroatoms. The van der Waals surface area contributed by atoms with Gasteiger partial charge in [-0.05, 0) is 6.92 Å². The molecule has 1 aromatic heterocycles. The van der Waals surface area contributed by atoms with E-state index in [2.05, 4.69) is 20.0 Å². The zero-order valence-electron chi connectivity index (χ0n) is 9.34. The zero-order valence-corrected chi connectivity index (χ0v) is 10.2. The molecule has 9 nitrogen and oxygen atoms in total. The van der Waals surface area contributed by atoms with Crippen LogP contribution in [0.5, 0.6) is 0 Å². The average Bonchev–Trinajstić information content (AvgIpc) is 2.62. The van der Waals surface area contributed by atoms with Gasteiger partial charge in [0.15, 0.2) is 0 Å². The number of nitrogens with two attached hydrogens (primary N) is 1. The van der Waals surface area contributed by atoms with Gasteiger partial charge in [0.25, 0.3) is 0 Å². The molecule has 0 aromatic carbocycles. The molecule has 0 aliphatic rings. The highest BCUT2D eigenvalue weighted by molar-refractivity contribution is 7.09. The van der Waals surface area contributed by atoms with Crippen LogP contribution in [0, 0.1) is 6.92 Å². The summed E-state index contributed by atoms with van der Waals surface area (Å²) in [6.07, 6.45) is -0.488. The zero-order chi connectivity index (χ0) is 13.7. The van der Waals surface area contributed by atoms with Gasteiger partial charge in [0.05, 0.1) is 6.42 Å². The Morgan fingerprint density at radius 2 is 2.17 bits per heavy atom. The van der Waals surface area contributed by atoms with Gasteiger partial charge in [-0.25, -0.2) is 14.6 Å². The number of primary amides is 1. The van der Waals surface area contributed by atoms with Crippen molar-refractivity contribution < 1.29 is 19.5 Å². The summed E-state index contributed by atoms with van der Waals surface area (Å²) in [4.78, 5) is 36.7. The van der Waals surface area contributed by atoms with E-state index in [1.165, 1.54) is 0 Å². The van der Waals surface area contributed by atoms with Crippen LogP contribution in [-0.2, 0) is 9.59 Å². The lowest BCUT2D eigenvalue weighted by molar-refractivity contribution is -0.140. The third-order valence-electron chi connectivity index (χ3n) is 1.76. The molecule has 1 heterocycles. The molecule has 1 unspecified atom stereocenters. The summed E-state index contributed by atoms with van der Waals surface area (Å²) >= 11 is 0.955. The van der Waals surface area contributed by atoms with Gasteiger partial charge in [-0.3, -0.25) is 10.1 Å². The van der Waals surface area contributed by atoms with Crippen LogP contribution in [0.4, 0.5) is 9.93 Å². The Morgan fingerprint density at radius 3 is 2.61 bits per heavy atom. The summed E-state index contributed by atoms with van der Waals surface area (Å²) in [7, 11) is 0. The van der Waals surface area contributed by atoms with Crippen molar-refractivity contribution >= 4 is 34.6 Å². The number of nitrogens with zero attached hydrogens (tertiary/aromatic N) is 2. The van der Waals surface area contributed by atoms with E-state index in [-0.39, 0.29) is 5.13 Å². The van der Waals surface area contributed by atoms with Crippen LogP contribution >= 0.6 is 11.5 Å². The predicted molar refractivity (Wildman–Crippen MR) is 62.0 cm³/mol. The first-order valence-corrected chi connectivity index (χ1v) is 5.54. The molecule has 98 valence electrons. The van der Waals surface area contributed by atoms with E-state index in [9.17, 15) is 14.4 Å². The normalized spacial score (nSPS) is 11.6. The number of anilines is 1. The van der Waals surface area contributed by atoms with E-state index < -0.39 is 30.4 Å². The van der Waals surface area contributed by atoms with Crippen molar-refractivity contribution in [2.24, 2.45) is 5.73 Å². The van der Waals surface area contributed by atoms with E-state index in [0.717, 1.165) is 11.5 Å². The molecule has 0 aliphatic carbocycles. The van der Waals surface area contributed by atoms with E-state index in [1.54, 1.807) is 6.92 Å². The molecule has 0 aliphatic heterocycles. The van der Waals surface area contributed by atoms with Gasteiger partial charge in [-0.1, -0.05) is 0 Å². The maximum atomic E-state index is 11.4. The smallest absolute Gasteiger partial charge is 0.326 e. The minimum Gasteiger partial charge on any atom is -0.480 e. The highest BCUT2D eigenvalue weighted by Crippen LogP contribution is 2.09. The highest BCUT2D eigenvalue weighted by atomic mass is 32.1. The molecule has 0 radical (unpaired) electrons. The van der Waals surface area contributed by atoms with E-state index in [1.807, 2.05) is 0 Å². The number of carboxylic acids is 1. The van der Waals surface area contributed by atoms with Crippen LogP contribution in [-0.4, -0.2) is 38.4 Å². The molecular weight excluding hydrogens is 262 g/mol. The number of hydrogen-bond acceptors (Lipinski definition) is 6. The summed E-state index contributed by atoms with van der Waals surface area (Å²) in [5.74, 6) is -1.69. The van der Waals surface area contributed by atoms with Gasteiger partial charge < -0.3 is 16.2 Å². The number of carbonyl (C=O) groups excluding carboxylic acids is 2. The third kappa shape index (κ3) is 4.33. The number of carboxylic acid groups (broad SMARTS) is 1. The Labute approximate surface area is 106 Å². The summed E-state index contributed by atoms with van der Waals surface area (Å²) in [6.45, 7) is 1.65. The number of urea groups is 1. The lowest BCUT2D eigenvalue weighted by atomic mass is 10.2. The average molecular weight is 273 g/mol. The molecule has 0 saturated heterocycles.